The summed E-state index contributed by atoms with van der Waals surface area (Å²) in [6.07, 6.45) is 0. The van der Waals surface area contributed by atoms with Crippen LogP contribution in [0.2, 0.25) is 5.02 Å². The molecule has 0 aliphatic rings. The average molecular weight is 221 g/mol. The molecule has 0 aliphatic carbocycles. The molecule has 0 atom stereocenters. The van der Waals surface area contributed by atoms with E-state index in [0.29, 0.717) is 5.75 Å². The van der Waals surface area contributed by atoms with E-state index in [1.54, 1.807) is 12.1 Å². The first-order valence-corrected chi connectivity index (χ1v) is 4.10. The highest BCUT2D eigenvalue weighted by Gasteiger charge is 2.09. The van der Waals surface area contributed by atoms with Crippen LogP contribution in [-0.4, -0.2) is 12.5 Å². The number of benzene rings is 1. The second kappa shape index (κ2) is 4.35. The van der Waals surface area contributed by atoms with E-state index < -0.39 is 5.43 Å². The molecule has 5 heteroatoms. The zero-order valence-electron chi connectivity index (χ0n) is 6.71. The minimum absolute atomic E-state index is 0.181. The molecule has 0 aliphatic heterocycles. The van der Waals surface area contributed by atoms with Gasteiger partial charge in [-0.3, -0.25) is 0 Å². The highest BCUT2D eigenvalue weighted by Crippen LogP contribution is 2.33. The van der Waals surface area contributed by atoms with Gasteiger partial charge in [-0.15, -0.1) is 0 Å². The second-order valence-corrected chi connectivity index (χ2v) is 2.80. The minimum atomic E-state index is -0.935. The van der Waals surface area contributed by atoms with Gasteiger partial charge in [0.15, 0.2) is 5.75 Å². The maximum Gasteiger partial charge on any atom is 0.409 e. The van der Waals surface area contributed by atoms with Gasteiger partial charge in [0.25, 0.3) is 0 Å². The normalized spacial score (nSPS) is 9.46. The Morgan fingerprint density at radius 2 is 2.00 bits per heavy atom. The molecule has 1 rings (SSSR count). The monoisotopic (exact) mass is 220 g/mol. The Bertz CT molecular complexity index is 325. The molecule has 0 spiro atoms. The lowest BCUT2D eigenvalue weighted by Gasteiger charge is -2.06. The number of carbonyl (C=O) groups excluding carboxylic acids is 1. The molecule has 0 saturated heterocycles. The Balaban J connectivity index is 3.01. The van der Waals surface area contributed by atoms with Gasteiger partial charge in [-0.1, -0.05) is 17.7 Å². The van der Waals surface area contributed by atoms with Crippen LogP contribution < -0.4 is 9.47 Å². The van der Waals surface area contributed by atoms with Gasteiger partial charge in [-0.2, -0.15) is 0 Å². The SMILES string of the molecule is COc1cccc(OC(=O)Cl)c1Cl. The first-order chi connectivity index (χ1) is 6.15. The number of hydrogen-bond donors (Lipinski definition) is 0. The summed E-state index contributed by atoms with van der Waals surface area (Å²) in [7, 11) is 1.47. The van der Waals surface area contributed by atoms with E-state index in [4.69, 9.17) is 27.9 Å². The molecule has 70 valence electrons. The molecule has 0 aromatic heterocycles. The Morgan fingerprint density at radius 3 is 2.54 bits per heavy atom. The maximum absolute atomic E-state index is 10.4. The summed E-state index contributed by atoms with van der Waals surface area (Å²) in [4.78, 5) is 10.4. The van der Waals surface area contributed by atoms with Crippen LogP contribution in [0.5, 0.6) is 11.5 Å². The topological polar surface area (TPSA) is 35.5 Å². The molecular weight excluding hydrogens is 215 g/mol. The van der Waals surface area contributed by atoms with Crippen LogP contribution in [0.3, 0.4) is 0 Å². The lowest BCUT2D eigenvalue weighted by molar-refractivity contribution is 0.225. The lowest BCUT2D eigenvalue weighted by Crippen LogP contribution is -1.97. The molecule has 13 heavy (non-hydrogen) atoms. The van der Waals surface area contributed by atoms with E-state index in [0.717, 1.165) is 0 Å². The summed E-state index contributed by atoms with van der Waals surface area (Å²) in [5, 5.41) is 0.221. The van der Waals surface area contributed by atoms with E-state index in [1.165, 1.54) is 13.2 Å². The van der Waals surface area contributed by atoms with Crippen LogP contribution in [0.25, 0.3) is 0 Å². The van der Waals surface area contributed by atoms with Crippen LogP contribution in [0.4, 0.5) is 4.79 Å². The van der Waals surface area contributed by atoms with Gasteiger partial charge in [0.1, 0.15) is 10.8 Å². The molecule has 0 amide bonds. The molecule has 0 fully saturated rings. The third-order valence-electron chi connectivity index (χ3n) is 1.34. The van der Waals surface area contributed by atoms with Crippen molar-refractivity contribution in [1.29, 1.82) is 0 Å². The number of ether oxygens (including phenoxy) is 2. The summed E-state index contributed by atoms with van der Waals surface area (Å²) in [5.74, 6) is 0.609. The van der Waals surface area contributed by atoms with Crippen LogP contribution in [-0.2, 0) is 0 Å². The Hall–Kier alpha value is -0.930. The van der Waals surface area contributed by atoms with Gasteiger partial charge in [0.05, 0.1) is 7.11 Å². The standard InChI is InChI=1S/C8H6Cl2O3/c1-12-5-3-2-4-6(7(5)9)13-8(10)11/h2-4H,1H3. The van der Waals surface area contributed by atoms with Gasteiger partial charge in [0.2, 0.25) is 0 Å². The van der Waals surface area contributed by atoms with Crippen molar-refractivity contribution in [3.8, 4) is 11.5 Å². The fourth-order valence-electron chi connectivity index (χ4n) is 0.814. The van der Waals surface area contributed by atoms with Crippen molar-refractivity contribution >= 4 is 28.6 Å². The fraction of sp³-hybridized carbons (Fsp3) is 0.125. The summed E-state index contributed by atoms with van der Waals surface area (Å²) >= 11 is 10.8. The zero-order chi connectivity index (χ0) is 9.84. The van der Waals surface area contributed by atoms with Gasteiger partial charge < -0.3 is 9.47 Å². The average Bonchev–Trinajstić information content (AvgIpc) is 2.08. The predicted octanol–water partition coefficient (Wildman–Crippen LogP) is 3.09. The van der Waals surface area contributed by atoms with Crippen molar-refractivity contribution in [3.05, 3.63) is 23.2 Å². The highest BCUT2D eigenvalue weighted by atomic mass is 35.5. The van der Waals surface area contributed by atoms with Crippen LogP contribution in [0.15, 0.2) is 18.2 Å². The van der Waals surface area contributed by atoms with Gasteiger partial charge >= 0.3 is 5.43 Å². The third-order valence-corrected chi connectivity index (χ3v) is 1.79. The molecule has 0 heterocycles. The summed E-state index contributed by atoms with van der Waals surface area (Å²) in [6, 6.07) is 4.80. The van der Waals surface area contributed by atoms with Crippen molar-refractivity contribution in [3.63, 3.8) is 0 Å². The predicted molar refractivity (Wildman–Crippen MR) is 49.9 cm³/mol. The molecule has 0 radical (unpaired) electrons. The number of carbonyl (C=O) groups is 1. The van der Waals surface area contributed by atoms with E-state index >= 15 is 0 Å². The van der Waals surface area contributed by atoms with E-state index in [2.05, 4.69) is 4.74 Å². The molecule has 3 nitrogen and oxygen atoms in total. The summed E-state index contributed by atoms with van der Waals surface area (Å²) in [5.41, 5.74) is -0.935. The maximum atomic E-state index is 10.4. The van der Waals surface area contributed by atoms with E-state index in [-0.39, 0.29) is 10.8 Å². The minimum Gasteiger partial charge on any atom is -0.495 e. The van der Waals surface area contributed by atoms with Crippen molar-refractivity contribution in [2.24, 2.45) is 0 Å². The molecular formula is C8H6Cl2O3. The first-order valence-electron chi connectivity index (χ1n) is 3.35. The number of halogens is 2. The zero-order valence-corrected chi connectivity index (χ0v) is 8.22. The number of methoxy groups -OCH3 is 1. The summed E-state index contributed by atoms with van der Waals surface area (Å²) in [6.45, 7) is 0. The van der Waals surface area contributed by atoms with Gasteiger partial charge in [0, 0.05) is 11.6 Å². The second-order valence-electron chi connectivity index (χ2n) is 2.11. The van der Waals surface area contributed by atoms with E-state index in [9.17, 15) is 4.79 Å². The van der Waals surface area contributed by atoms with Crippen molar-refractivity contribution < 1.29 is 14.3 Å². The fourth-order valence-corrected chi connectivity index (χ4v) is 1.14. The van der Waals surface area contributed by atoms with Gasteiger partial charge in [-0.25, -0.2) is 4.79 Å². The highest BCUT2D eigenvalue weighted by molar-refractivity contribution is 6.61. The molecule has 0 unspecified atom stereocenters. The molecule has 0 saturated carbocycles. The number of hydrogen-bond acceptors (Lipinski definition) is 3. The van der Waals surface area contributed by atoms with Gasteiger partial charge in [-0.05, 0) is 12.1 Å². The smallest absolute Gasteiger partial charge is 0.409 e. The molecule has 0 N–H and O–H groups in total. The Morgan fingerprint density at radius 1 is 1.38 bits per heavy atom. The van der Waals surface area contributed by atoms with Crippen molar-refractivity contribution in [2.45, 2.75) is 0 Å². The van der Waals surface area contributed by atoms with E-state index in [1.807, 2.05) is 0 Å². The van der Waals surface area contributed by atoms with Crippen molar-refractivity contribution in [1.82, 2.24) is 0 Å². The van der Waals surface area contributed by atoms with Crippen LogP contribution in [0.1, 0.15) is 0 Å². The first kappa shape index (κ1) is 10.2. The molecule has 1 aromatic rings. The quantitative estimate of drug-likeness (QED) is 0.719. The summed E-state index contributed by atoms with van der Waals surface area (Å²) < 4.78 is 9.50. The Labute approximate surface area is 85.2 Å². The Kier molecular flexibility index (Phi) is 3.39. The van der Waals surface area contributed by atoms with Crippen molar-refractivity contribution in [2.75, 3.05) is 7.11 Å². The lowest BCUT2D eigenvalue weighted by atomic mass is 10.3. The third kappa shape index (κ3) is 2.50. The molecule has 1 aromatic carbocycles. The number of rotatable bonds is 2. The van der Waals surface area contributed by atoms with Crippen LogP contribution >= 0.6 is 23.2 Å². The largest absolute Gasteiger partial charge is 0.495 e. The van der Waals surface area contributed by atoms with Crippen LogP contribution in [0, 0.1) is 0 Å². The molecule has 0 bridgehead atoms.